The lowest BCUT2D eigenvalue weighted by atomic mass is 9.87. The molecular formula is C18H28IN3. The molecule has 0 saturated carbocycles. The standard InChI is InChI=1S/C18H27N3.HI/c1-18(12-15-8-4-5-9-16(15)13-18)14-20-17(19)21-10-6-2-3-7-11-21;/h4-5,8-9H,2-3,6-7,10-14H2,1H3,(H2,19,20);1H. The minimum Gasteiger partial charge on any atom is -0.370 e. The zero-order chi connectivity index (χ0) is 14.7. The smallest absolute Gasteiger partial charge is 0.191 e. The summed E-state index contributed by atoms with van der Waals surface area (Å²) in [5.41, 5.74) is 9.45. The first-order chi connectivity index (χ1) is 10.2. The number of benzene rings is 1. The Labute approximate surface area is 151 Å². The number of rotatable bonds is 2. The monoisotopic (exact) mass is 413 g/mol. The number of aliphatic imine (C=N–C) groups is 1. The summed E-state index contributed by atoms with van der Waals surface area (Å²) >= 11 is 0. The van der Waals surface area contributed by atoms with Crippen LogP contribution >= 0.6 is 24.0 Å². The zero-order valence-electron chi connectivity index (χ0n) is 13.6. The molecule has 1 aliphatic heterocycles. The molecule has 1 aromatic carbocycles. The van der Waals surface area contributed by atoms with Crippen LogP contribution < -0.4 is 5.73 Å². The van der Waals surface area contributed by atoms with Crippen LogP contribution in [-0.4, -0.2) is 30.5 Å². The second-order valence-corrected chi connectivity index (χ2v) is 7.01. The summed E-state index contributed by atoms with van der Waals surface area (Å²) in [6, 6.07) is 8.78. The molecule has 0 atom stereocenters. The van der Waals surface area contributed by atoms with E-state index in [4.69, 9.17) is 10.7 Å². The number of nitrogens with zero attached hydrogens (tertiary/aromatic N) is 2. The molecule has 0 unspecified atom stereocenters. The number of nitrogens with two attached hydrogens (primary N) is 1. The van der Waals surface area contributed by atoms with E-state index >= 15 is 0 Å². The normalized spacial score (nSPS) is 21.0. The van der Waals surface area contributed by atoms with Crippen LogP contribution in [-0.2, 0) is 12.8 Å². The van der Waals surface area contributed by atoms with E-state index in [0.717, 1.165) is 38.4 Å². The van der Waals surface area contributed by atoms with Crippen LogP contribution in [0.4, 0.5) is 0 Å². The lowest BCUT2D eigenvalue weighted by Gasteiger charge is -2.25. The highest BCUT2D eigenvalue weighted by Crippen LogP contribution is 2.36. The van der Waals surface area contributed by atoms with Crippen molar-refractivity contribution < 1.29 is 0 Å². The topological polar surface area (TPSA) is 41.6 Å². The number of likely N-dealkylation sites (tertiary alicyclic amines) is 1. The van der Waals surface area contributed by atoms with Crippen molar-refractivity contribution >= 4 is 29.9 Å². The fourth-order valence-electron chi connectivity index (χ4n) is 3.67. The Balaban J connectivity index is 0.00000176. The third-order valence-corrected chi connectivity index (χ3v) is 4.91. The van der Waals surface area contributed by atoms with Crippen LogP contribution in [0.25, 0.3) is 0 Å². The number of fused-ring (bicyclic) bond motifs is 1. The minimum atomic E-state index is 0. The molecule has 0 amide bonds. The van der Waals surface area contributed by atoms with Gasteiger partial charge in [-0.15, -0.1) is 24.0 Å². The summed E-state index contributed by atoms with van der Waals surface area (Å²) in [7, 11) is 0. The van der Waals surface area contributed by atoms with Crippen molar-refractivity contribution in [3.05, 3.63) is 35.4 Å². The molecule has 0 spiro atoms. The largest absolute Gasteiger partial charge is 0.370 e. The Bertz CT molecular complexity index is 494. The summed E-state index contributed by atoms with van der Waals surface area (Å²) < 4.78 is 0. The number of halogens is 1. The molecule has 0 aromatic heterocycles. The molecule has 1 aliphatic carbocycles. The summed E-state index contributed by atoms with van der Waals surface area (Å²) in [6.07, 6.45) is 7.41. The maximum Gasteiger partial charge on any atom is 0.191 e. The maximum atomic E-state index is 6.24. The lowest BCUT2D eigenvalue weighted by Crippen LogP contribution is -2.39. The van der Waals surface area contributed by atoms with E-state index < -0.39 is 0 Å². The second-order valence-electron chi connectivity index (χ2n) is 7.01. The van der Waals surface area contributed by atoms with Crippen LogP contribution in [0.3, 0.4) is 0 Å². The van der Waals surface area contributed by atoms with Gasteiger partial charge >= 0.3 is 0 Å². The summed E-state index contributed by atoms with van der Waals surface area (Å²) in [6.45, 7) is 5.33. The molecule has 122 valence electrons. The molecule has 1 saturated heterocycles. The third kappa shape index (κ3) is 4.15. The first kappa shape index (κ1) is 17.6. The van der Waals surface area contributed by atoms with Crippen molar-refractivity contribution in [2.24, 2.45) is 16.1 Å². The van der Waals surface area contributed by atoms with E-state index in [1.54, 1.807) is 0 Å². The predicted octanol–water partition coefficient (Wildman–Crippen LogP) is 3.60. The van der Waals surface area contributed by atoms with Crippen LogP contribution in [0.5, 0.6) is 0 Å². The Hall–Kier alpha value is -0.780. The first-order valence-electron chi connectivity index (χ1n) is 8.28. The molecule has 1 fully saturated rings. The number of hydrogen-bond acceptors (Lipinski definition) is 1. The molecule has 0 bridgehead atoms. The Morgan fingerprint density at radius 2 is 1.64 bits per heavy atom. The van der Waals surface area contributed by atoms with Crippen molar-refractivity contribution in [2.75, 3.05) is 19.6 Å². The molecule has 2 N–H and O–H groups in total. The molecular weight excluding hydrogens is 385 g/mol. The average Bonchev–Trinajstić information content (AvgIpc) is 2.66. The van der Waals surface area contributed by atoms with Crippen LogP contribution in [0, 0.1) is 5.41 Å². The van der Waals surface area contributed by atoms with Crippen molar-refractivity contribution in [3.63, 3.8) is 0 Å². The first-order valence-corrected chi connectivity index (χ1v) is 8.28. The average molecular weight is 413 g/mol. The highest BCUT2D eigenvalue weighted by molar-refractivity contribution is 14.0. The van der Waals surface area contributed by atoms with Gasteiger partial charge in [-0.3, -0.25) is 4.99 Å². The van der Waals surface area contributed by atoms with Gasteiger partial charge < -0.3 is 10.6 Å². The molecule has 22 heavy (non-hydrogen) atoms. The van der Waals surface area contributed by atoms with Crippen molar-refractivity contribution in [1.82, 2.24) is 4.90 Å². The van der Waals surface area contributed by atoms with Gasteiger partial charge in [-0.25, -0.2) is 0 Å². The molecule has 3 nitrogen and oxygen atoms in total. The Morgan fingerprint density at radius 3 is 2.18 bits per heavy atom. The van der Waals surface area contributed by atoms with Gasteiger partial charge in [0.1, 0.15) is 0 Å². The van der Waals surface area contributed by atoms with Gasteiger partial charge in [0.25, 0.3) is 0 Å². The van der Waals surface area contributed by atoms with Crippen molar-refractivity contribution in [2.45, 2.75) is 45.4 Å². The SMILES string of the molecule is CC1(CN=C(N)N2CCCCCC2)Cc2ccccc2C1.I. The van der Waals surface area contributed by atoms with E-state index in [9.17, 15) is 0 Å². The van der Waals surface area contributed by atoms with Gasteiger partial charge in [0.05, 0.1) is 0 Å². The summed E-state index contributed by atoms with van der Waals surface area (Å²) in [5, 5.41) is 0. The van der Waals surface area contributed by atoms with Gasteiger partial charge in [0, 0.05) is 19.6 Å². The predicted molar refractivity (Wildman–Crippen MR) is 104 cm³/mol. The van der Waals surface area contributed by atoms with Gasteiger partial charge in [-0.05, 0) is 42.2 Å². The van der Waals surface area contributed by atoms with E-state index in [0.29, 0.717) is 0 Å². The molecule has 4 heteroatoms. The van der Waals surface area contributed by atoms with Gasteiger partial charge in [-0.2, -0.15) is 0 Å². The molecule has 2 aliphatic rings. The van der Waals surface area contributed by atoms with E-state index in [2.05, 4.69) is 36.1 Å². The third-order valence-electron chi connectivity index (χ3n) is 4.91. The van der Waals surface area contributed by atoms with E-state index in [1.165, 1.54) is 36.8 Å². The number of hydrogen-bond donors (Lipinski definition) is 1. The van der Waals surface area contributed by atoms with E-state index in [-0.39, 0.29) is 29.4 Å². The van der Waals surface area contributed by atoms with Crippen LogP contribution in [0.1, 0.15) is 43.7 Å². The Kier molecular flexibility index (Phi) is 6.12. The fourth-order valence-corrected chi connectivity index (χ4v) is 3.67. The molecule has 1 aromatic rings. The number of guanidine groups is 1. The highest BCUT2D eigenvalue weighted by atomic mass is 127. The summed E-state index contributed by atoms with van der Waals surface area (Å²) in [4.78, 5) is 7.02. The van der Waals surface area contributed by atoms with Crippen LogP contribution in [0.2, 0.25) is 0 Å². The maximum absolute atomic E-state index is 6.24. The Morgan fingerprint density at radius 1 is 1.09 bits per heavy atom. The van der Waals surface area contributed by atoms with Crippen molar-refractivity contribution in [1.29, 1.82) is 0 Å². The quantitative estimate of drug-likeness (QED) is 0.457. The molecule has 0 radical (unpaired) electrons. The van der Waals surface area contributed by atoms with Gasteiger partial charge in [0.15, 0.2) is 5.96 Å². The van der Waals surface area contributed by atoms with Crippen molar-refractivity contribution in [3.8, 4) is 0 Å². The van der Waals surface area contributed by atoms with E-state index in [1.807, 2.05) is 0 Å². The summed E-state index contributed by atoms with van der Waals surface area (Å²) in [5.74, 6) is 0.758. The van der Waals surface area contributed by atoms with Crippen LogP contribution in [0.15, 0.2) is 29.3 Å². The highest BCUT2D eigenvalue weighted by Gasteiger charge is 2.32. The minimum absolute atomic E-state index is 0. The van der Waals surface area contributed by atoms with Gasteiger partial charge in [0.2, 0.25) is 0 Å². The zero-order valence-corrected chi connectivity index (χ0v) is 15.9. The fraction of sp³-hybridized carbons (Fsp3) is 0.611. The second kappa shape index (κ2) is 7.66. The molecule has 3 rings (SSSR count). The van der Waals surface area contributed by atoms with Gasteiger partial charge in [-0.1, -0.05) is 44.0 Å². The lowest BCUT2D eigenvalue weighted by molar-refractivity contribution is 0.354. The molecule has 1 heterocycles.